The number of nitro benzene ring substituents is 1. The minimum Gasteiger partial charge on any atom is -0.484 e. The van der Waals surface area contributed by atoms with Gasteiger partial charge in [0.25, 0.3) is 17.5 Å². The fourth-order valence-electron chi connectivity index (χ4n) is 3.59. The Morgan fingerprint density at radius 3 is 2.54 bits per heavy atom. The van der Waals surface area contributed by atoms with E-state index in [1.54, 1.807) is 24.3 Å². The fourth-order valence-corrected chi connectivity index (χ4v) is 5.93. The number of para-hydroxylation sites is 1. The molecule has 0 aliphatic carbocycles. The molecule has 2 heterocycles. The SMILES string of the molecule is O=C(COc1ccccc1)N[C@@H]1C(=O)N2C(C(=O)OCc3ccc([N+](=O)[O-])cc3)=C(CI)CS[C@H]12. The van der Waals surface area contributed by atoms with Crippen LogP contribution in [0.2, 0.25) is 0 Å². The van der Waals surface area contributed by atoms with Gasteiger partial charge in [0.05, 0.1) is 4.92 Å². The van der Waals surface area contributed by atoms with Crippen LogP contribution in [0, 0.1) is 10.1 Å². The van der Waals surface area contributed by atoms with Gasteiger partial charge in [-0.05, 0) is 35.4 Å². The van der Waals surface area contributed by atoms with Crippen LogP contribution in [0.25, 0.3) is 0 Å². The van der Waals surface area contributed by atoms with Crippen LogP contribution in [0.1, 0.15) is 5.56 Å². The molecule has 2 aliphatic rings. The summed E-state index contributed by atoms with van der Waals surface area (Å²) in [6.07, 6.45) is 0. The Morgan fingerprint density at radius 2 is 1.89 bits per heavy atom. The number of rotatable bonds is 9. The number of non-ortho nitro benzene ring substituents is 1. The number of esters is 1. The molecule has 4 rings (SSSR count). The molecule has 10 nitrogen and oxygen atoms in total. The minimum atomic E-state index is -0.764. The van der Waals surface area contributed by atoms with Gasteiger partial charge >= 0.3 is 5.97 Å². The van der Waals surface area contributed by atoms with Crippen LogP contribution in [0.3, 0.4) is 0 Å². The number of ether oxygens (including phenoxy) is 2. The van der Waals surface area contributed by atoms with Crippen molar-refractivity contribution < 1.29 is 28.8 Å². The van der Waals surface area contributed by atoms with Crippen molar-refractivity contribution in [2.75, 3.05) is 16.8 Å². The third kappa shape index (κ3) is 5.59. The van der Waals surface area contributed by atoms with Gasteiger partial charge in [0.1, 0.15) is 29.5 Å². The zero-order valence-electron chi connectivity index (χ0n) is 18.2. The summed E-state index contributed by atoms with van der Waals surface area (Å²) in [6.45, 7) is -0.324. The highest BCUT2D eigenvalue weighted by atomic mass is 127. The molecule has 1 N–H and O–H groups in total. The maximum absolute atomic E-state index is 12.9. The number of nitrogens with one attached hydrogen (secondary N) is 1. The van der Waals surface area contributed by atoms with Gasteiger partial charge in [-0.25, -0.2) is 4.79 Å². The maximum Gasteiger partial charge on any atom is 0.355 e. The number of benzene rings is 2. The Bertz CT molecular complexity index is 1170. The minimum absolute atomic E-state index is 0.0597. The molecule has 182 valence electrons. The Morgan fingerprint density at radius 1 is 1.17 bits per heavy atom. The average molecular weight is 609 g/mol. The van der Waals surface area contributed by atoms with Gasteiger partial charge in [-0.1, -0.05) is 40.8 Å². The molecule has 0 radical (unpaired) electrons. The number of thioether (sulfide) groups is 1. The number of carbonyl (C=O) groups excluding carboxylic acids is 3. The second kappa shape index (κ2) is 11.1. The Balaban J connectivity index is 1.37. The van der Waals surface area contributed by atoms with E-state index in [1.165, 1.54) is 40.9 Å². The summed E-state index contributed by atoms with van der Waals surface area (Å²) in [7, 11) is 0. The molecule has 2 aromatic rings. The van der Waals surface area contributed by atoms with Crippen LogP contribution in [0.5, 0.6) is 5.75 Å². The number of alkyl halides is 1. The summed E-state index contributed by atoms with van der Waals surface area (Å²) in [5.41, 5.74) is 1.49. The van der Waals surface area contributed by atoms with Crippen molar-refractivity contribution in [1.82, 2.24) is 10.2 Å². The summed E-state index contributed by atoms with van der Waals surface area (Å²) in [6, 6.07) is 13.8. The predicted octanol–water partition coefficient (Wildman–Crippen LogP) is 2.81. The standard InChI is InChI=1S/C23H20IN3O7S/c24-10-15-13-35-22-19(25-18(28)12-33-17-4-2-1-3-5-17)21(29)26(22)20(15)23(30)34-11-14-6-8-16(9-7-14)27(31)32/h1-9,19,22H,10-13H2,(H,25,28)/t19-,22-/m1/s1. The lowest BCUT2D eigenvalue weighted by Gasteiger charge is -2.49. The van der Waals surface area contributed by atoms with E-state index >= 15 is 0 Å². The summed E-state index contributed by atoms with van der Waals surface area (Å²) in [5.74, 6) is -0.403. The fraction of sp³-hybridized carbons (Fsp3) is 0.261. The molecule has 1 fully saturated rings. The van der Waals surface area contributed by atoms with Crippen LogP contribution in [0.15, 0.2) is 65.9 Å². The predicted molar refractivity (Wildman–Crippen MR) is 136 cm³/mol. The van der Waals surface area contributed by atoms with Crippen molar-refractivity contribution in [2.45, 2.75) is 18.0 Å². The highest BCUT2D eigenvalue weighted by Crippen LogP contribution is 2.41. The zero-order chi connectivity index (χ0) is 24.9. The van der Waals surface area contributed by atoms with Gasteiger partial charge in [-0.15, -0.1) is 11.8 Å². The molecule has 0 bridgehead atoms. The molecule has 2 atom stereocenters. The highest BCUT2D eigenvalue weighted by molar-refractivity contribution is 14.1. The van der Waals surface area contributed by atoms with Crippen molar-refractivity contribution in [2.24, 2.45) is 0 Å². The van der Waals surface area contributed by atoms with Gasteiger partial charge in [0, 0.05) is 22.3 Å². The van der Waals surface area contributed by atoms with Gasteiger partial charge in [-0.2, -0.15) is 0 Å². The lowest BCUT2D eigenvalue weighted by Crippen LogP contribution is -2.71. The highest BCUT2D eigenvalue weighted by Gasteiger charge is 2.54. The number of hydrogen-bond donors (Lipinski definition) is 1. The number of nitrogens with zero attached hydrogens (tertiary/aromatic N) is 2. The van der Waals surface area contributed by atoms with Gasteiger partial charge in [0.15, 0.2) is 6.61 Å². The molecule has 12 heteroatoms. The molecule has 0 aromatic heterocycles. The van der Waals surface area contributed by atoms with E-state index in [0.29, 0.717) is 21.5 Å². The number of hydrogen-bond acceptors (Lipinski definition) is 8. The van der Waals surface area contributed by atoms with Crippen molar-refractivity contribution in [1.29, 1.82) is 0 Å². The topological polar surface area (TPSA) is 128 Å². The van der Waals surface area contributed by atoms with Crippen LogP contribution >= 0.6 is 34.4 Å². The number of amides is 2. The third-order valence-electron chi connectivity index (χ3n) is 5.35. The second-order valence-corrected chi connectivity index (χ2v) is 9.51. The summed E-state index contributed by atoms with van der Waals surface area (Å²) >= 11 is 3.60. The molecule has 2 aromatic carbocycles. The van der Waals surface area contributed by atoms with Crippen molar-refractivity contribution in [3.05, 3.63) is 81.5 Å². The van der Waals surface area contributed by atoms with Crippen LogP contribution in [-0.2, 0) is 25.7 Å². The van der Waals surface area contributed by atoms with Gasteiger partial charge in [0.2, 0.25) is 0 Å². The average Bonchev–Trinajstić information content (AvgIpc) is 2.88. The van der Waals surface area contributed by atoms with Crippen molar-refractivity contribution in [3.63, 3.8) is 0 Å². The van der Waals surface area contributed by atoms with Crippen LogP contribution in [0.4, 0.5) is 5.69 Å². The molecule has 1 saturated heterocycles. The number of nitro groups is 1. The molecular weight excluding hydrogens is 589 g/mol. The number of carbonyl (C=O) groups is 3. The maximum atomic E-state index is 12.9. The largest absolute Gasteiger partial charge is 0.484 e. The first-order valence-corrected chi connectivity index (χ1v) is 13.1. The van der Waals surface area contributed by atoms with E-state index in [-0.39, 0.29) is 30.5 Å². The lowest BCUT2D eigenvalue weighted by molar-refractivity contribution is -0.384. The van der Waals surface area contributed by atoms with E-state index in [0.717, 1.165) is 5.57 Å². The normalized spacial score (nSPS) is 18.9. The monoisotopic (exact) mass is 609 g/mol. The molecule has 35 heavy (non-hydrogen) atoms. The summed E-state index contributed by atoms with van der Waals surface area (Å²) < 4.78 is 11.4. The van der Waals surface area contributed by atoms with E-state index in [1.807, 2.05) is 6.07 Å². The van der Waals surface area contributed by atoms with Gasteiger partial charge in [-0.3, -0.25) is 24.6 Å². The van der Waals surface area contributed by atoms with Gasteiger partial charge < -0.3 is 14.8 Å². The molecular formula is C23H20IN3O7S. The lowest BCUT2D eigenvalue weighted by atomic mass is 10.0. The van der Waals surface area contributed by atoms with E-state index < -0.39 is 28.2 Å². The quantitative estimate of drug-likeness (QED) is 0.115. The first kappa shape index (κ1) is 25.0. The van der Waals surface area contributed by atoms with Crippen molar-refractivity contribution >= 4 is 57.8 Å². The Labute approximate surface area is 218 Å². The first-order chi connectivity index (χ1) is 16.9. The summed E-state index contributed by atoms with van der Waals surface area (Å²) in [5, 5.41) is 13.1. The summed E-state index contributed by atoms with van der Waals surface area (Å²) in [4.78, 5) is 49.8. The number of halogens is 1. The Kier molecular flexibility index (Phi) is 7.90. The van der Waals surface area contributed by atoms with E-state index in [9.17, 15) is 24.5 Å². The number of β-lactam (4-membered cyclic amide) rings is 1. The van der Waals surface area contributed by atoms with Crippen LogP contribution in [-0.4, -0.2) is 55.8 Å². The van der Waals surface area contributed by atoms with Crippen molar-refractivity contribution in [3.8, 4) is 5.75 Å². The molecule has 0 spiro atoms. The number of fused-ring (bicyclic) bond motifs is 1. The molecule has 2 aliphatic heterocycles. The molecule has 2 amide bonds. The van der Waals surface area contributed by atoms with E-state index in [4.69, 9.17) is 9.47 Å². The van der Waals surface area contributed by atoms with E-state index in [2.05, 4.69) is 27.9 Å². The Hall–Kier alpha value is -3.13. The molecule has 0 unspecified atom stereocenters. The third-order valence-corrected chi connectivity index (χ3v) is 7.61. The smallest absolute Gasteiger partial charge is 0.355 e. The zero-order valence-corrected chi connectivity index (χ0v) is 21.2. The second-order valence-electron chi connectivity index (χ2n) is 7.64. The first-order valence-electron chi connectivity index (χ1n) is 10.5. The molecule has 0 saturated carbocycles. The van der Waals surface area contributed by atoms with Crippen LogP contribution < -0.4 is 10.1 Å².